The normalized spacial score (nSPS) is 23.7. The average Bonchev–Trinajstić information content (AvgIpc) is 2.74. The van der Waals surface area contributed by atoms with E-state index in [-0.39, 0.29) is 17.6 Å². The van der Waals surface area contributed by atoms with Gasteiger partial charge in [-0.2, -0.15) is 0 Å². The van der Waals surface area contributed by atoms with E-state index in [9.17, 15) is 4.79 Å². The third-order valence-electron chi connectivity index (χ3n) is 8.44. The van der Waals surface area contributed by atoms with E-state index in [1.165, 1.54) is 12.2 Å². The van der Waals surface area contributed by atoms with Crippen LogP contribution in [0.4, 0.5) is 4.79 Å². The highest BCUT2D eigenvalue weighted by Crippen LogP contribution is 2.52. The molecule has 0 radical (unpaired) electrons. The molecule has 1 aliphatic carbocycles. The van der Waals surface area contributed by atoms with Crippen molar-refractivity contribution in [3.8, 4) is 0 Å². The van der Waals surface area contributed by atoms with Crippen molar-refractivity contribution in [2.45, 2.75) is 128 Å². The molecule has 0 aromatic heterocycles. The fourth-order valence-electron chi connectivity index (χ4n) is 6.69. The molecule has 1 saturated carbocycles. The lowest BCUT2D eigenvalue weighted by Crippen LogP contribution is -2.61. The van der Waals surface area contributed by atoms with Crippen LogP contribution in [0.1, 0.15) is 80.1 Å². The van der Waals surface area contributed by atoms with Gasteiger partial charge in [-0.05, 0) is 54.4 Å². The molecule has 6 heteroatoms. The SMILES string of the molecule is C=CCCC12CCCCC1C(O[Si](C(C)C)(C(C)C)C(C)C)=CCN2C(=O)OCC[Si](C)(C)C. The third kappa shape index (κ3) is 6.21. The van der Waals surface area contributed by atoms with Crippen LogP contribution in [0.5, 0.6) is 0 Å². The van der Waals surface area contributed by atoms with Crippen LogP contribution < -0.4 is 0 Å². The summed E-state index contributed by atoms with van der Waals surface area (Å²) in [4.78, 5) is 15.5. The molecule has 1 aliphatic heterocycles. The summed E-state index contributed by atoms with van der Waals surface area (Å²) in [6, 6.07) is 1.01. The van der Waals surface area contributed by atoms with Gasteiger partial charge >= 0.3 is 6.09 Å². The number of rotatable bonds is 11. The number of carbonyl (C=O) groups is 1. The zero-order chi connectivity index (χ0) is 25.7. The molecule has 0 aromatic rings. The molecular formula is C28H53NO3Si2. The molecule has 1 amide bonds. The zero-order valence-corrected chi connectivity index (χ0v) is 25.7. The van der Waals surface area contributed by atoms with Crippen molar-refractivity contribution in [2.24, 2.45) is 5.92 Å². The first kappa shape index (κ1) is 29.2. The van der Waals surface area contributed by atoms with Gasteiger partial charge < -0.3 is 9.16 Å². The first-order chi connectivity index (χ1) is 15.8. The highest BCUT2D eigenvalue weighted by Gasteiger charge is 2.54. The van der Waals surface area contributed by atoms with Crippen LogP contribution in [-0.4, -0.2) is 46.1 Å². The number of hydrogen-bond donors (Lipinski definition) is 0. The van der Waals surface area contributed by atoms with Gasteiger partial charge in [0.1, 0.15) is 0 Å². The summed E-state index contributed by atoms with van der Waals surface area (Å²) >= 11 is 0. The van der Waals surface area contributed by atoms with Crippen LogP contribution in [-0.2, 0) is 9.16 Å². The Bertz CT molecular complexity index is 704. The maximum Gasteiger partial charge on any atom is 0.410 e. The quantitative estimate of drug-likeness (QED) is 0.207. The number of amides is 1. The molecule has 34 heavy (non-hydrogen) atoms. The predicted molar refractivity (Wildman–Crippen MR) is 151 cm³/mol. The van der Waals surface area contributed by atoms with Gasteiger partial charge in [0.2, 0.25) is 0 Å². The second-order valence-electron chi connectivity index (χ2n) is 12.8. The summed E-state index contributed by atoms with van der Waals surface area (Å²) in [5.74, 6) is 1.43. The minimum atomic E-state index is -2.07. The Kier molecular flexibility index (Phi) is 10.2. The molecule has 2 atom stereocenters. The Morgan fingerprint density at radius 2 is 1.76 bits per heavy atom. The van der Waals surface area contributed by atoms with Crippen LogP contribution in [0.2, 0.25) is 42.3 Å². The van der Waals surface area contributed by atoms with Gasteiger partial charge in [0.15, 0.2) is 0 Å². The molecule has 0 saturated heterocycles. The van der Waals surface area contributed by atoms with Crippen LogP contribution in [0.15, 0.2) is 24.5 Å². The maximum absolute atomic E-state index is 13.5. The molecule has 1 fully saturated rings. The highest BCUT2D eigenvalue weighted by atomic mass is 28.4. The number of ether oxygens (including phenoxy) is 1. The molecule has 2 unspecified atom stereocenters. The van der Waals surface area contributed by atoms with Gasteiger partial charge in [0, 0.05) is 20.5 Å². The van der Waals surface area contributed by atoms with Gasteiger partial charge in [0.05, 0.1) is 17.9 Å². The fraction of sp³-hybridized carbons (Fsp3) is 0.821. The Hall–Kier alpha value is -1.02. The van der Waals surface area contributed by atoms with Crippen LogP contribution >= 0.6 is 0 Å². The number of hydrogen-bond acceptors (Lipinski definition) is 3. The molecule has 0 aromatic carbocycles. The molecular weight excluding hydrogens is 454 g/mol. The van der Waals surface area contributed by atoms with E-state index in [1.807, 2.05) is 6.08 Å². The third-order valence-corrected chi connectivity index (χ3v) is 16.1. The fourth-order valence-corrected chi connectivity index (χ4v) is 12.7. The number of allylic oxidation sites excluding steroid dienone is 1. The molecule has 0 N–H and O–H groups in total. The maximum atomic E-state index is 13.5. The van der Waals surface area contributed by atoms with Gasteiger partial charge in [-0.25, -0.2) is 4.79 Å². The lowest BCUT2D eigenvalue weighted by Gasteiger charge is -2.55. The Morgan fingerprint density at radius 3 is 2.29 bits per heavy atom. The van der Waals surface area contributed by atoms with Crippen LogP contribution in [0, 0.1) is 5.92 Å². The summed E-state index contributed by atoms with van der Waals surface area (Å²) in [7, 11) is -3.32. The van der Waals surface area contributed by atoms with Crippen molar-refractivity contribution >= 4 is 22.5 Å². The molecule has 196 valence electrons. The molecule has 2 aliphatic rings. The average molecular weight is 508 g/mol. The van der Waals surface area contributed by atoms with Crippen molar-refractivity contribution in [3.05, 3.63) is 24.5 Å². The molecule has 1 heterocycles. The first-order valence-corrected chi connectivity index (χ1v) is 19.6. The monoisotopic (exact) mass is 507 g/mol. The van der Waals surface area contributed by atoms with E-state index in [0.717, 1.165) is 38.1 Å². The van der Waals surface area contributed by atoms with E-state index in [0.29, 0.717) is 29.8 Å². The molecule has 0 bridgehead atoms. The van der Waals surface area contributed by atoms with Crippen LogP contribution in [0.25, 0.3) is 0 Å². The second kappa shape index (κ2) is 11.8. The molecule has 2 rings (SSSR count). The van der Waals surface area contributed by atoms with E-state index in [2.05, 4.69) is 78.7 Å². The molecule has 4 nitrogen and oxygen atoms in total. The van der Waals surface area contributed by atoms with E-state index >= 15 is 0 Å². The smallest absolute Gasteiger partial charge is 0.410 e. The summed E-state index contributed by atoms with van der Waals surface area (Å²) in [6.07, 6.45) is 10.4. The highest BCUT2D eigenvalue weighted by molar-refractivity contribution is 6.78. The van der Waals surface area contributed by atoms with E-state index in [1.54, 1.807) is 0 Å². The van der Waals surface area contributed by atoms with Crippen molar-refractivity contribution < 1.29 is 14.0 Å². The Labute approximate surface area is 212 Å². The summed E-state index contributed by atoms with van der Waals surface area (Å²) in [6.45, 7) is 26.2. The summed E-state index contributed by atoms with van der Waals surface area (Å²) in [5, 5.41) is 0. The summed E-state index contributed by atoms with van der Waals surface area (Å²) in [5.41, 5.74) is 1.37. The zero-order valence-electron chi connectivity index (χ0n) is 23.7. The minimum absolute atomic E-state index is 0.135. The van der Waals surface area contributed by atoms with E-state index in [4.69, 9.17) is 9.16 Å². The Morgan fingerprint density at radius 1 is 1.15 bits per heavy atom. The largest absolute Gasteiger partial charge is 0.546 e. The van der Waals surface area contributed by atoms with Gasteiger partial charge in [-0.15, -0.1) is 6.58 Å². The summed E-state index contributed by atoms with van der Waals surface area (Å²) < 4.78 is 13.2. The van der Waals surface area contributed by atoms with Crippen LogP contribution in [0.3, 0.4) is 0 Å². The van der Waals surface area contributed by atoms with Crippen molar-refractivity contribution in [1.29, 1.82) is 0 Å². The predicted octanol–water partition coefficient (Wildman–Crippen LogP) is 8.75. The van der Waals surface area contributed by atoms with Crippen molar-refractivity contribution in [1.82, 2.24) is 4.90 Å². The van der Waals surface area contributed by atoms with E-state index < -0.39 is 16.4 Å². The number of carbonyl (C=O) groups excluding carboxylic acids is 1. The van der Waals surface area contributed by atoms with Crippen molar-refractivity contribution in [2.75, 3.05) is 13.2 Å². The van der Waals surface area contributed by atoms with Gasteiger partial charge in [-0.1, -0.05) is 80.1 Å². The van der Waals surface area contributed by atoms with Gasteiger partial charge in [0.25, 0.3) is 8.32 Å². The lowest BCUT2D eigenvalue weighted by molar-refractivity contribution is -0.0120. The number of fused-ring (bicyclic) bond motifs is 1. The lowest BCUT2D eigenvalue weighted by atomic mass is 9.67. The van der Waals surface area contributed by atoms with Crippen molar-refractivity contribution in [3.63, 3.8) is 0 Å². The number of nitrogens with zero attached hydrogens (tertiary/aromatic N) is 1. The first-order valence-electron chi connectivity index (χ1n) is 13.8. The minimum Gasteiger partial charge on any atom is -0.546 e. The topological polar surface area (TPSA) is 38.8 Å². The standard InChI is InChI=1S/C28H53NO3Si2/c1-11-12-17-28-18-14-13-15-25(28)26(32-34(22(2)3,23(4)5)24(6)7)16-19-29(28)27(30)31-20-21-33(8,9)10/h11,16,22-25H,1,12-15,17-21H2,2-10H3. The Balaban J connectivity index is 2.43. The van der Waals surface area contributed by atoms with Gasteiger partial charge in [-0.3, -0.25) is 4.90 Å². The second-order valence-corrected chi connectivity index (χ2v) is 23.8. The molecule has 0 spiro atoms.